The number of urea groups is 1. The van der Waals surface area contributed by atoms with Crippen molar-refractivity contribution in [1.82, 2.24) is 15.5 Å². The van der Waals surface area contributed by atoms with Crippen LogP contribution in [-0.4, -0.2) is 29.3 Å². The summed E-state index contributed by atoms with van der Waals surface area (Å²) in [6.07, 6.45) is 0. The molecule has 3 rings (SSSR count). The summed E-state index contributed by atoms with van der Waals surface area (Å²) in [5, 5.41) is 4.84. The van der Waals surface area contributed by atoms with Crippen molar-refractivity contribution in [2.45, 2.75) is 25.9 Å². The molecule has 4 amide bonds. The first-order chi connectivity index (χ1) is 12.3. The number of benzene rings is 1. The van der Waals surface area contributed by atoms with E-state index in [-0.39, 0.29) is 5.91 Å². The fraction of sp³-hybridized carbons (Fsp3) is 0.278. The van der Waals surface area contributed by atoms with E-state index in [2.05, 4.69) is 10.6 Å². The molecular weight excluding hydrogens is 374 g/mol. The van der Waals surface area contributed by atoms with Crippen LogP contribution in [0, 0.1) is 0 Å². The smallest absolute Gasteiger partial charge is 0.322 e. The average molecular weight is 392 g/mol. The highest BCUT2D eigenvalue weighted by molar-refractivity contribution is 7.16. The highest BCUT2D eigenvalue weighted by Crippen LogP contribution is 2.26. The second-order valence-electron chi connectivity index (χ2n) is 6.14. The number of hydrogen-bond acceptors (Lipinski definition) is 4. The lowest BCUT2D eigenvalue weighted by Crippen LogP contribution is -2.40. The first-order valence-electron chi connectivity index (χ1n) is 8.11. The monoisotopic (exact) mass is 391 g/mol. The molecular formula is C18H18ClN3O3S. The molecule has 1 aliphatic heterocycles. The number of halogens is 1. The maximum absolute atomic E-state index is 12.9. The molecule has 1 aliphatic rings. The van der Waals surface area contributed by atoms with Crippen LogP contribution >= 0.6 is 22.9 Å². The quantitative estimate of drug-likeness (QED) is 0.768. The maximum Gasteiger partial charge on any atom is 0.322 e. The van der Waals surface area contributed by atoms with Gasteiger partial charge in [0.05, 0.1) is 10.9 Å². The van der Waals surface area contributed by atoms with Gasteiger partial charge in [-0.1, -0.05) is 23.7 Å². The van der Waals surface area contributed by atoms with Gasteiger partial charge in [0.25, 0.3) is 11.8 Å². The largest absolute Gasteiger partial charge is 0.334 e. The van der Waals surface area contributed by atoms with Gasteiger partial charge < -0.3 is 10.2 Å². The van der Waals surface area contributed by atoms with Crippen molar-refractivity contribution >= 4 is 40.8 Å². The number of carbonyl (C=O) groups excluding carboxylic acids is 3. The number of nitrogens with one attached hydrogen (secondary N) is 2. The Balaban J connectivity index is 1.85. The number of hydrogen-bond donors (Lipinski definition) is 2. The molecule has 2 aromatic rings. The van der Waals surface area contributed by atoms with Gasteiger partial charge in [-0.25, -0.2) is 4.79 Å². The summed E-state index contributed by atoms with van der Waals surface area (Å²) in [5.74, 6) is -0.583. The van der Waals surface area contributed by atoms with E-state index >= 15 is 0 Å². The molecule has 2 N–H and O–H groups in total. The van der Waals surface area contributed by atoms with Crippen LogP contribution in [0.25, 0.3) is 0 Å². The van der Waals surface area contributed by atoms with Gasteiger partial charge in [-0.2, -0.15) is 0 Å². The van der Waals surface area contributed by atoms with Crippen LogP contribution in [0.1, 0.15) is 34.6 Å². The van der Waals surface area contributed by atoms with Gasteiger partial charge in [0, 0.05) is 17.0 Å². The third kappa shape index (κ3) is 3.45. The predicted molar refractivity (Wildman–Crippen MR) is 100 cm³/mol. The van der Waals surface area contributed by atoms with Crippen LogP contribution in [0.4, 0.5) is 4.79 Å². The Hall–Kier alpha value is -2.38. The molecule has 0 radical (unpaired) electrons. The molecule has 2 heterocycles. The number of carbonyl (C=O) groups is 3. The Morgan fingerprint density at radius 3 is 2.62 bits per heavy atom. The summed E-state index contributed by atoms with van der Waals surface area (Å²) in [6.45, 7) is 4.52. The molecule has 1 aromatic carbocycles. The molecule has 0 bridgehead atoms. The van der Waals surface area contributed by atoms with Crippen molar-refractivity contribution in [2.24, 2.45) is 0 Å². The number of nitrogens with zero attached hydrogens (tertiary/aromatic N) is 1. The van der Waals surface area contributed by atoms with Crippen molar-refractivity contribution < 1.29 is 14.4 Å². The summed E-state index contributed by atoms with van der Waals surface area (Å²) < 4.78 is 0.682. The van der Waals surface area contributed by atoms with Gasteiger partial charge in [0.1, 0.15) is 5.54 Å². The highest BCUT2D eigenvalue weighted by Gasteiger charge is 2.43. The lowest BCUT2D eigenvalue weighted by molar-refractivity contribution is -0.123. The molecule has 0 spiro atoms. The Morgan fingerprint density at radius 2 is 2.04 bits per heavy atom. The van der Waals surface area contributed by atoms with Crippen molar-refractivity contribution in [2.75, 3.05) is 6.54 Å². The normalized spacial score (nSPS) is 19.2. The predicted octanol–water partition coefficient (Wildman–Crippen LogP) is 3.12. The molecule has 0 saturated carbocycles. The van der Waals surface area contributed by atoms with Gasteiger partial charge in [-0.15, -0.1) is 11.3 Å². The highest BCUT2D eigenvalue weighted by atomic mass is 35.5. The molecule has 1 fully saturated rings. The van der Waals surface area contributed by atoms with Crippen molar-refractivity contribution in [3.05, 3.63) is 56.7 Å². The zero-order valence-corrected chi connectivity index (χ0v) is 15.9. The van der Waals surface area contributed by atoms with E-state index in [4.69, 9.17) is 11.6 Å². The van der Waals surface area contributed by atoms with Crippen LogP contribution < -0.4 is 10.6 Å². The van der Waals surface area contributed by atoms with E-state index in [9.17, 15) is 14.4 Å². The minimum Gasteiger partial charge on any atom is -0.334 e. The standard InChI is InChI=1S/C18H18ClN3O3S/c1-3-22(10-13-7-8-14(19)26-13)15(23)11-5-4-6-12(9-11)18(2)16(24)20-17(25)21-18/h4-9H,3,10H2,1-2H3,(H2,20,21,24,25)/t18-/m1/s1. The summed E-state index contributed by atoms with van der Waals surface area (Å²) in [7, 11) is 0. The topological polar surface area (TPSA) is 78.5 Å². The van der Waals surface area contributed by atoms with Gasteiger partial charge in [0.2, 0.25) is 0 Å². The van der Waals surface area contributed by atoms with Crippen molar-refractivity contribution in [3.8, 4) is 0 Å². The van der Waals surface area contributed by atoms with Crippen LogP contribution in [0.15, 0.2) is 36.4 Å². The Bertz CT molecular complexity index is 882. The first-order valence-corrected chi connectivity index (χ1v) is 9.30. The third-order valence-corrected chi connectivity index (χ3v) is 5.59. The average Bonchev–Trinajstić information content (AvgIpc) is 3.15. The van der Waals surface area contributed by atoms with Crippen LogP contribution in [0.2, 0.25) is 4.34 Å². The maximum atomic E-state index is 12.9. The molecule has 136 valence electrons. The van der Waals surface area contributed by atoms with E-state index in [0.717, 1.165) is 4.88 Å². The van der Waals surface area contributed by atoms with Crippen LogP contribution in [0.5, 0.6) is 0 Å². The Labute approximate surface area is 160 Å². The number of amides is 4. The van der Waals surface area contributed by atoms with E-state index in [0.29, 0.717) is 28.6 Å². The van der Waals surface area contributed by atoms with Gasteiger partial charge in [0.15, 0.2) is 0 Å². The second-order valence-corrected chi connectivity index (χ2v) is 7.94. The number of thiophene rings is 1. The zero-order valence-electron chi connectivity index (χ0n) is 14.3. The van der Waals surface area contributed by atoms with Crippen LogP contribution in [-0.2, 0) is 16.9 Å². The fourth-order valence-corrected chi connectivity index (χ4v) is 3.95. The third-order valence-electron chi connectivity index (χ3n) is 4.38. The zero-order chi connectivity index (χ0) is 18.9. The lowest BCUT2D eigenvalue weighted by atomic mass is 9.91. The van der Waals surface area contributed by atoms with E-state index < -0.39 is 17.5 Å². The first kappa shape index (κ1) is 18.4. The molecule has 8 heteroatoms. The summed E-state index contributed by atoms with van der Waals surface area (Å²) >= 11 is 7.40. The van der Waals surface area contributed by atoms with E-state index in [1.807, 2.05) is 19.1 Å². The number of imide groups is 1. The minimum absolute atomic E-state index is 0.146. The van der Waals surface area contributed by atoms with Gasteiger partial charge in [-0.05, 0) is 43.7 Å². The van der Waals surface area contributed by atoms with Gasteiger partial charge in [-0.3, -0.25) is 14.9 Å². The SMILES string of the molecule is CCN(Cc1ccc(Cl)s1)C(=O)c1cccc([C@@]2(C)NC(=O)NC2=O)c1. The van der Waals surface area contributed by atoms with E-state index in [1.165, 1.54) is 11.3 Å². The molecule has 0 aliphatic carbocycles. The number of rotatable bonds is 5. The Morgan fingerprint density at radius 1 is 1.27 bits per heavy atom. The Kier molecular flexibility index (Phi) is 5.02. The minimum atomic E-state index is -1.19. The summed E-state index contributed by atoms with van der Waals surface area (Å²) in [5.41, 5.74) is -0.171. The van der Waals surface area contributed by atoms with E-state index in [1.54, 1.807) is 36.1 Å². The molecule has 26 heavy (non-hydrogen) atoms. The molecule has 0 unspecified atom stereocenters. The fourth-order valence-electron chi connectivity index (χ4n) is 2.84. The lowest BCUT2D eigenvalue weighted by Gasteiger charge is -2.24. The van der Waals surface area contributed by atoms with Crippen LogP contribution in [0.3, 0.4) is 0 Å². The second kappa shape index (κ2) is 7.09. The summed E-state index contributed by atoms with van der Waals surface area (Å²) in [4.78, 5) is 39.2. The van der Waals surface area contributed by atoms with Crippen molar-refractivity contribution in [3.63, 3.8) is 0 Å². The van der Waals surface area contributed by atoms with Gasteiger partial charge >= 0.3 is 6.03 Å². The molecule has 1 aromatic heterocycles. The molecule has 1 atom stereocenters. The molecule has 1 saturated heterocycles. The molecule has 6 nitrogen and oxygen atoms in total. The summed E-state index contributed by atoms with van der Waals surface area (Å²) in [6, 6.07) is 9.95. The van der Waals surface area contributed by atoms with Crippen molar-refractivity contribution in [1.29, 1.82) is 0 Å².